The first-order chi connectivity index (χ1) is 9.45. The van der Waals surface area contributed by atoms with Crippen molar-refractivity contribution < 1.29 is 15.0 Å². The summed E-state index contributed by atoms with van der Waals surface area (Å²) < 4.78 is 0. The van der Waals surface area contributed by atoms with Gasteiger partial charge in [0.2, 0.25) is 5.91 Å². The molecule has 0 heterocycles. The van der Waals surface area contributed by atoms with E-state index in [-0.39, 0.29) is 18.6 Å². The summed E-state index contributed by atoms with van der Waals surface area (Å²) in [7, 11) is 3.08. The lowest BCUT2D eigenvalue weighted by atomic mass is 10.3. The van der Waals surface area contributed by atoms with Crippen LogP contribution in [0, 0.1) is 0 Å². The van der Waals surface area contributed by atoms with Gasteiger partial charge in [0.25, 0.3) is 0 Å². The van der Waals surface area contributed by atoms with Gasteiger partial charge < -0.3 is 26.2 Å². The van der Waals surface area contributed by atoms with Gasteiger partial charge in [-0.2, -0.15) is 0 Å². The number of aliphatic hydroxyl groups excluding tert-OH is 2. The van der Waals surface area contributed by atoms with E-state index < -0.39 is 0 Å². The molecular weight excluding hydrogens is 260 g/mol. The maximum absolute atomic E-state index is 10.6. The molecule has 0 aliphatic rings. The van der Waals surface area contributed by atoms with Crippen molar-refractivity contribution >= 4 is 5.91 Å². The van der Waals surface area contributed by atoms with Crippen molar-refractivity contribution in [2.45, 2.75) is 20.0 Å². The zero-order valence-electron chi connectivity index (χ0n) is 13.3. The molecule has 0 fully saturated rings. The molecule has 0 radical (unpaired) electrons. The number of hydrogen-bond donors (Lipinski definition) is 4. The number of nitrogens with two attached hydrogens (primary N) is 1. The van der Waals surface area contributed by atoms with Crippen LogP contribution < -0.4 is 11.1 Å². The van der Waals surface area contributed by atoms with Gasteiger partial charge in [0.15, 0.2) is 0 Å². The molecule has 1 atom stereocenters. The molecule has 0 aliphatic heterocycles. The van der Waals surface area contributed by atoms with E-state index >= 15 is 0 Å². The summed E-state index contributed by atoms with van der Waals surface area (Å²) in [5.41, 5.74) is 5.04. The third-order valence-corrected chi connectivity index (χ3v) is 2.76. The molecule has 0 spiro atoms. The van der Waals surface area contributed by atoms with Gasteiger partial charge in [-0.3, -0.25) is 9.69 Å². The van der Waals surface area contributed by atoms with E-state index in [0.29, 0.717) is 13.1 Å². The van der Waals surface area contributed by atoms with E-state index in [1.165, 1.54) is 0 Å². The monoisotopic (exact) mass is 292 g/mol. The molecule has 0 rings (SSSR count). The highest BCUT2D eigenvalue weighted by Gasteiger charge is 2.08. The Bertz CT molecular complexity index is 228. The van der Waals surface area contributed by atoms with Gasteiger partial charge in [-0.15, -0.1) is 0 Å². The Balaban J connectivity index is 0. The van der Waals surface area contributed by atoms with Crippen LogP contribution in [0.2, 0.25) is 0 Å². The lowest BCUT2D eigenvalue weighted by molar-refractivity contribution is -0.117. The van der Waals surface area contributed by atoms with Gasteiger partial charge >= 0.3 is 0 Å². The number of primary amides is 1. The average Bonchev–Trinajstić information content (AvgIpc) is 2.41. The van der Waals surface area contributed by atoms with E-state index in [1.54, 1.807) is 6.92 Å². The number of hydrogen-bond acceptors (Lipinski definition) is 6. The Labute approximate surface area is 122 Å². The number of carbonyl (C=O) groups excluding carboxylic acids is 1. The molecule has 1 unspecified atom stereocenters. The van der Waals surface area contributed by atoms with Gasteiger partial charge in [-0.25, -0.2) is 0 Å². The van der Waals surface area contributed by atoms with Crippen LogP contribution in [-0.4, -0.2) is 92.0 Å². The predicted molar refractivity (Wildman–Crippen MR) is 81.5 cm³/mol. The zero-order chi connectivity index (χ0) is 16.0. The van der Waals surface area contributed by atoms with E-state index in [0.717, 1.165) is 33.3 Å². The summed E-state index contributed by atoms with van der Waals surface area (Å²) in [6.45, 7) is 9.16. The molecule has 122 valence electrons. The lowest BCUT2D eigenvalue weighted by Crippen LogP contribution is -2.42. The highest BCUT2D eigenvalue weighted by atomic mass is 16.3. The van der Waals surface area contributed by atoms with Gasteiger partial charge in [-0.05, 0) is 20.5 Å². The molecule has 0 aromatic rings. The van der Waals surface area contributed by atoms with Crippen molar-refractivity contribution in [1.29, 1.82) is 0 Å². The maximum Gasteiger partial charge on any atom is 0.231 e. The molecule has 7 nitrogen and oxygen atoms in total. The SMILES string of the molecule is CCN(C)CCN(CCNCC(N)=O)CC(C)O.CO. The number of nitrogens with zero attached hydrogens (tertiary/aromatic N) is 2. The van der Waals surface area contributed by atoms with Crippen LogP contribution in [0.4, 0.5) is 0 Å². The van der Waals surface area contributed by atoms with Crippen LogP contribution in [-0.2, 0) is 4.79 Å². The van der Waals surface area contributed by atoms with Crippen LogP contribution in [0.1, 0.15) is 13.8 Å². The molecule has 0 saturated heterocycles. The number of likely N-dealkylation sites (N-methyl/N-ethyl adjacent to an activating group) is 1. The van der Waals surface area contributed by atoms with Gasteiger partial charge in [0.1, 0.15) is 0 Å². The molecular formula is C13H32N4O3. The van der Waals surface area contributed by atoms with Gasteiger partial charge in [-0.1, -0.05) is 6.92 Å². The summed E-state index contributed by atoms with van der Waals surface area (Å²) in [5, 5.41) is 19.4. The first-order valence-corrected chi connectivity index (χ1v) is 6.98. The Morgan fingerprint density at radius 3 is 2.35 bits per heavy atom. The fourth-order valence-corrected chi connectivity index (χ4v) is 1.59. The van der Waals surface area contributed by atoms with E-state index in [9.17, 15) is 9.90 Å². The quantitative estimate of drug-likeness (QED) is 0.339. The third kappa shape index (κ3) is 15.3. The normalized spacial score (nSPS) is 12.2. The second-order valence-electron chi connectivity index (χ2n) is 4.69. The topological polar surface area (TPSA) is 102 Å². The molecule has 0 saturated carbocycles. The highest BCUT2D eigenvalue weighted by Crippen LogP contribution is 1.93. The Kier molecular flexibility index (Phi) is 15.8. The molecule has 0 aromatic carbocycles. The van der Waals surface area contributed by atoms with E-state index in [4.69, 9.17) is 10.8 Å². The summed E-state index contributed by atoms with van der Waals surface area (Å²) in [5.74, 6) is -0.345. The molecule has 0 aliphatic carbocycles. The number of amides is 1. The zero-order valence-corrected chi connectivity index (χ0v) is 13.3. The summed E-state index contributed by atoms with van der Waals surface area (Å²) >= 11 is 0. The minimum absolute atomic E-state index is 0.206. The minimum atomic E-state index is -0.345. The average molecular weight is 292 g/mol. The van der Waals surface area contributed by atoms with Crippen molar-refractivity contribution in [3.05, 3.63) is 0 Å². The fourth-order valence-electron chi connectivity index (χ4n) is 1.59. The Morgan fingerprint density at radius 2 is 1.90 bits per heavy atom. The van der Waals surface area contributed by atoms with E-state index in [1.807, 2.05) is 0 Å². The van der Waals surface area contributed by atoms with E-state index in [2.05, 4.69) is 29.1 Å². The summed E-state index contributed by atoms with van der Waals surface area (Å²) in [6.07, 6.45) is -0.340. The van der Waals surface area contributed by atoms with Crippen molar-refractivity contribution in [2.24, 2.45) is 5.73 Å². The first kappa shape index (κ1) is 21.6. The highest BCUT2D eigenvalue weighted by molar-refractivity contribution is 5.75. The number of nitrogens with one attached hydrogen (secondary N) is 1. The largest absolute Gasteiger partial charge is 0.400 e. The Morgan fingerprint density at radius 1 is 1.30 bits per heavy atom. The molecule has 0 bridgehead atoms. The standard InChI is InChI=1S/C12H28N4O2.CH4O/c1-4-15(3)7-8-16(10-11(2)17)6-5-14-9-12(13)18;1-2/h11,14,17H,4-10H2,1-3H3,(H2,13,18);2H,1H3. The molecule has 0 aromatic heterocycles. The fraction of sp³-hybridized carbons (Fsp3) is 0.923. The first-order valence-electron chi connectivity index (χ1n) is 6.98. The molecule has 20 heavy (non-hydrogen) atoms. The molecule has 7 heteroatoms. The molecule has 1 amide bonds. The summed E-state index contributed by atoms with van der Waals surface area (Å²) in [4.78, 5) is 15.0. The number of rotatable bonds is 11. The van der Waals surface area contributed by atoms with Crippen LogP contribution in [0.5, 0.6) is 0 Å². The van der Waals surface area contributed by atoms with Gasteiger partial charge in [0, 0.05) is 39.8 Å². The summed E-state index contributed by atoms with van der Waals surface area (Å²) in [6, 6.07) is 0. The molecule has 5 N–H and O–H groups in total. The van der Waals surface area contributed by atoms with Crippen molar-refractivity contribution in [1.82, 2.24) is 15.1 Å². The van der Waals surface area contributed by atoms with Crippen LogP contribution in [0.25, 0.3) is 0 Å². The predicted octanol–water partition coefficient (Wildman–Crippen LogP) is -1.70. The minimum Gasteiger partial charge on any atom is -0.400 e. The second kappa shape index (κ2) is 14.7. The number of aliphatic hydroxyl groups is 2. The second-order valence-corrected chi connectivity index (χ2v) is 4.69. The van der Waals surface area contributed by atoms with Crippen molar-refractivity contribution in [3.8, 4) is 0 Å². The number of carbonyl (C=O) groups is 1. The van der Waals surface area contributed by atoms with Gasteiger partial charge in [0.05, 0.1) is 12.6 Å². The smallest absolute Gasteiger partial charge is 0.231 e. The third-order valence-electron chi connectivity index (χ3n) is 2.76. The lowest BCUT2D eigenvalue weighted by Gasteiger charge is -2.26. The maximum atomic E-state index is 10.6. The van der Waals surface area contributed by atoms with Crippen molar-refractivity contribution in [2.75, 3.05) is 60.0 Å². The van der Waals surface area contributed by atoms with Crippen LogP contribution >= 0.6 is 0 Å². The van der Waals surface area contributed by atoms with Crippen LogP contribution in [0.3, 0.4) is 0 Å². The Hall–Kier alpha value is -0.730. The van der Waals surface area contributed by atoms with Crippen molar-refractivity contribution in [3.63, 3.8) is 0 Å². The van der Waals surface area contributed by atoms with Crippen LogP contribution in [0.15, 0.2) is 0 Å².